The van der Waals surface area contributed by atoms with Gasteiger partial charge in [-0.1, -0.05) is 322 Å². The number of hydrogen-bond donors (Lipinski definition) is 0. The lowest BCUT2D eigenvalue weighted by Crippen LogP contribution is -1.96. The van der Waals surface area contributed by atoms with Gasteiger partial charge in [-0.2, -0.15) is 0 Å². The molecule has 0 fully saturated rings. The summed E-state index contributed by atoms with van der Waals surface area (Å²) in [5, 5.41) is 15.2. The van der Waals surface area contributed by atoms with E-state index in [1.165, 1.54) is 226 Å². The minimum atomic E-state index is 1.15. The smallest absolute Gasteiger partial charge is 0.0541 e. The second-order valence-electron chi connectivity index (χ2n) is 34.3. The van der Waals surface area contributed by atoms with Gasteiger partial charge in [-0.05, 0) is 255 Å². The monoisotopic (exact) mass is 1680 g/mol. The first-order chi connectivity index (χ1) is 65.5. The van der Waals surface area contributed by atoms with Gasteiger partial charge in [0.15, 0.2) is 0 Å². The zero-order valence-electron chi connectivity index (χ0n) is 72.2. The Balaban J connectivity index is 0.000000107. The van der Waals surface area contributed by atoms with Gasteiger partial charge in [0.25, 0.3) is 0 Å². The first kappa shape index (κ1) is 76.8. The van der Waals surface area contributed by atoms with Gasteiger partial charge < -0.3 is 27.4 Å². The Bertz CT molecular complexity index is 8880. The average molecular weight is 1680 g/mol. The summed E-state index contributed by atoms with van der Waals surface area (Å²) in [6, 6.07) is 184. The van der Waals surface area contributed by atoms with Crippen LogP contribution in [-0.2, 0) is 0 Å². The number of nitrogens with zero attached hydrogens (tertiary/aromatic N) is 6. The molecule has 0 atom stereocenters. The Morgan fingerprint density at radius 1 is 0.0833 bits per heavy atom. The SMILES string of the molecule is c1ccc(-c2cc(-c3ccccc3)cc(-n3c4ccccc4c4cc(-c5ccc6c(c5)c5ccccc5n6-c5ccccc5)ccc43)c2)cc1.c1ccc(-c2ccc(-n3c4ccccc4c4cc(-c5ccc6c(c5)c5ccccc5n6-c5ccccc5)ccc43)cc2)cc1.c1ccc(-n2c3ccccc3c3cc(-c4ccc5c(c4)c4ccccc4n5-c4ccccc4)ccc32)cc1. The molecule has 0 radical (unpaired) electrons. The molecule has 27 aromatic rings. The second-order valence-corrected chi connectivity index (χ2v) is 34.3. The van der Waals surface area contributed by atoms with Crippen molar-refractivity contribution in [2.24, 2.45) is 0 Å². The summed E-state index contributed by atoms with van der Waals surface area (Å²) in [4.78, 5) is 0. The highest BCUT2D eigenvalue weighted by molar-refractivity contribution is 6.17. The molecule has 0 aliphatic rings. The topological polar surface area (TPSA) is 29.6 Å². The molecular weight excluding hydrogens is 1600 g/mol. The van der Waals surface area contributed by atoms with E-state index in [0.717, 1.165) is 5.69 Å². The molecule has 0 aliphatic heterocycles. The maximum Gasteiger partial charge on any atom is 0.0541 e. The average Bonchev–Trinajstić information content (AvgIpc) is 1.59. The molecule has 618 valence electrons. The van der Waals surface area contributed by atoms with E-state index in [9.17, 15) is 0 Å². The number of aromatic nitrogens is 6. The molecule has 6 heterocycles. The first-order valence-electron chi connectivity index (χ1n) is 45.3. The normalized spacial score (nSPS) is 11.6. The molecule has 0 unspecified atom stereocenters. The van der Waals surface area contributed by atoms with Gasteiger partial charge in [-0.25, -0.2) is 0 Å². The van der Waals surface area contributed by atoms with Gasteiger partial charge in [-0.3, -0.25) is 0 Å². The predicted octanol–water partition coefficient (Wildman–Crippen LogP) is 33.6. The standard InChI is InChI=1S/C48H32N2.C42H28N2.C36H24N2/c1-4-14-33(15-5-1)37-28-38(34-16-6-2-7-17-34)30-40(29-37)50-46-23-13-11-21-42(46)44-32-36(25-27-48(44)50)35-24-26-47-43(31-35)41-20-10-12-22-45(41)49(47)39-18-8-3-9-19-39;1-3-11-29(12-4-1)30-19-23-34(24-20-30)44-40-18-10-8-16-36(40)38-28-32(22-26-42(38)44)31-21-25-41-37(27-31)35-15-7-9-17-39(35)43(41)33-13-5-2-6-14-33;1-3-11-27(12-4-1)37-33-17-9-7-15-29(33)31-23-25(19-21-35(31)37)26-20-22-36-32(24-26)30-16-8-10-18-34(30)38(36)28-13-5-2-6-14-28/h1-32H;1-28H;1-24H. The van der Waals surface area contributed by atoms with E-state index in [4.69, 9.17) is 0 Å². The van der Waals surface area contributed by atoms with Gasteiger partial charge in [0.05, 0.1) is 66.2 Å². The van der Waals surface area contributed by atoms with Gasteiger partial charge >= 0.3 is 0 Å². The zero-order chi connectivity index (χ0) is 87.1. The predicted molar refractivity (Wildman–Crippen MR) is 558 cm³/mol. The molecule has 0 saturated carbocycles. The lowest BCUT2D eigenvalue weighted by Gasteiger charge is -2.14. The quantitative estimate of drug-likeness (QED) is 0.117. The van der Waals surface area contributed by atoms with E-state index in [-0.39, 0.29) is 0 Å². The van der Waals surface area contributed by atoms with Crippen LogP contribution in [0.25, 0.3) is 232 Å². The molecule has 0 aliphatic carbocycles. The van der Waals surface area contributed by atoms with Crippen LogP contribution in [-0.4, -0.2) is 27.4 Å². The molecule has 6 nitrogen and oxygen atoms in total. The van der Waals surface area contributed by atoms with Crippen molar-refractivity contribution in [2.75, 3.05) is 0 Å². The van der Waals surface area contributed by atoms with E-state index in [1.54, 1.807) is 0 Å². The minimum Gasteiger partial charge on any atom is -0.309 e. The fraction of sp³-hybridized carbons (Fsp3) is 0. The third-order valence-corrected chi connectivity index (χ3v) is 26.7. The second kappa shape index (κ2) is 32.4. The Morgan fingerprint density at radius 2 is 0.242 bits per heavy atom. The molecule has 0 amide bonds. The van der Waals surface area contributed by atoms with Crippen molar-refractivity contribution < 1.29 is 0 Å². The van der Waals surface area contributed by atoms with Crippen molar-refractivity contribution in [1.82, 2.24) is 27.4 Å². The van der Waals surface area contributed by atoms with Gasteiger partial charge in [-0.15, -0.1) is 0 Å². The summed E-state index contributed by atoms with van der Waals surface area (Å²) in [6.07, 6.45) is 0. The van der Waals surface area contributed by atoms with Crippen molar-refractivity contribution in [3.63, 3.8) is 0 Å². The minimum absolute atomic E-state index is 1.15. The van der Waals surface area contributed by atoms with Crippen LogP contribution >= 0.6 is 0 Å². The summed E-state index contributed by atoms with van der Waals surface area (Å²) >= 11 is 0. The largest absolute Gasteiger partial charge is 0.309 e. The Labute approximate surface area is 763 Å². The molecule has 0 bridgehead atoms. The molecule has 0 saturated heterocycles. The number of benzene rings is 21. The molecule has 27 rings (SSSR count). The van der Waals surface area contributed by atoms with Crippen molar-refractivity contribution in [1.29, 1.82) is 0 Å². The van der Waals surface area contributed by atoms with Crippen LogP contribution in [0.2, 0.25) is 0 Å². The van der Waals surface area contributed by atoms with Crippen LogP contribution < -0.4 is 0 Å². The molecule has 0 N–H and O–H groups in total. The Morgan fingerprint density at radius 3 is 0.470 bits per heavy atom. The Hall–Kier alpha value is -17.6. The summed E-state index contributed by atoms with van der Waals surface area (Å²) < 4.78 is 14.3. The molecule has 0 spiro atoms. The molecule has 6 aromatic heterocycles. The summed E-state index contributed by atoms with van der Waals surface area (Å²) in [7, 11) is 0. The third-order valence-electron chi connectivity index (χ3n) is 26.7. The van der Waals surface area contributed by atoms with Crippen molar-refractivity contribution >= 4 is 131 Å². The third kappa shape index (κ3) is 13.3. The number of fused-ring (bicyclic) bond motifs is 18. The first-order valence-corrected chi connectivity index (χ1v) is 45.3. The maximum atomic E-state index is 2.43. The Kier molecular flexibility index (Phi) is 18.8. The van der Waals surface area contributed by atoms with Crippen LogP contribution in [0.15, 0.2) is 510 Å². The number of hydrogen-bond acceptors (Lipinski definition) is 0. The lowest BCUT2D eigenvalue weighted by atomic mass is 9.98. The van der Waals surface area contributed by atoms with E-state index < -0.39 is 0 Å². The maximum absolute atomic E-state index is 2.43. The summed E-state index contributed by atoms with van der Waals surface area (Å²) in [5.74, 6) is 0. The highest BCUT2D eigenvalue weighted by atomic mass is 15.0. The van der Waals surface area contributed by atoms with Crippen molar-refractivity contribution in [3.8, 4) is 101 Å². The molecule has 6 heteroatoms. The van der Waals surface area contributed by atoms with E-state index >= 15 is 0 Å². The van der Waals surface area contributed by atoms with Crippen LogP contribution in [0.5, 0.6) is 0 Å². The molecule has 132 heavy (non-hydrogen) atoms. The van der Waals surface area contributed by atoms with E-state index in [2.05, 4.69) is 537 Å². The van der Waals surface area contributed by atoms with Crippen LogP contribution in [0.1, 0.15) is 0 Å². The van der Waals surface area contributed by atoms with Crippen molar-refractivity contribution in [2.45, 2.75) is 0 Å². The fourth-order valence-electron chi connectivity index (χ4n) is 20.7. The lowest BCUT2D eigenvalue weighted by molar-refractivity contribution is 1.18. The number of para-hydroxylation sites is 10. The zero-order valence-corrected chi connectivity index (χ0v) is 72.2. The van der Waals surface area contributed by atoms with Crippen LogP contribution in [0.4, 0.5) is 0 Å². The van der Waals surface area contributed by atoms with E-state index in [1.807, 2.05) is 0 Å². The summed E-state index contributed by atoms with van der Waals surface area (Å²) in [5.41, 5.74) is 36.2. The van der Waals surface area contributed by atoms with Gasteiger partial charge in [0.2, 0.25) is 0 Å². The van der Waals surface area contributed by atoms with Crippen LogP contribution in [0, 0.1) is 0 Å². The van der Waals surface area contributed by atoms with Gasteiger partial charge in [0.1, 0.15) is 0 Å². The summed E-state index contributed by atoms with van der Waals surface area (Å²) in [6.45, 7) is 0. The van der Waals surface area contributed by atoms with Crippen LogP contribution in [0.3, 0.4) is 0 Å². The molecule has 21 aromatic carbocycles. The van der Waals surface area contributed by atoms with Gasteiger partial charge in [0, 0.05) is 98.8 Å². The highest BCUT2D eigenvalue weighted by Crippen LogP contribution is 2.45. The molecular formula is C126H84N6. The fourth-order valence-corrected chi connectivity index (χ4v) is 20.7. The highest BCUT2D eigenvalue weighted by Gasteiger charge is 2.23. The number of rotatable bonds is 12. The van der Waals surface area contributed by atoms with E-state index in [0.29, 0.717) is 0 Å². The van der Waals surface area contributed by atoms with Crippen molar-refractivity contribution in [3.05, 3.63) is 510 Å².